The third-order valence-electron chi connectivity index (χ3n) is 5.25. The summed E-state index contributed by atoms with van der Waals surface area (Å²) in [6.45, 7) is 1.52. The number of anilines is 3. The van der Waals surface area contributed by atoms with Crippen molar-refractivity contribution in [2.75, 3.05) is 44.4 Å². The number of terminal acetylenes is 1. The van der Waals surface area contributed by atoms with Crippen molar-refractivity contribution in [1.82, 2.24) is 14.9 Å². The first-order chi connectivity index (χ1) is 17.7. The lowest BCUT2D eigenvalue weighted by Gasteiger charge is -2.22. The third kappa shape index (κ3) is 7.36. The summed E-state index contributed by atoms with van der Waals surface area (Å²) in [6, 6.07) is 11.9. The molecule has 0 radical (unpaired) electrons. The lowest BCUT2D eigenvalue weighted by Crippen LogP contribution is -2.25. The summed E-state index contributed by atoms with van der Waals surface area (Å²) in [5, 5.41) is 9.10. The van der Waals surface area contributed by atoms with Crippen LogP contribution in [0.2, 0.25) is 5.02 Å². The fourth-order valence-electron chi connectivity index (χ4n) is 3.26. The molecule has 0 saturated heterocycles. The number of halogens is 2. The third-order valence-corrected chi connectivity index (χ3v) is 5.47. The van der Waals surface area contributed by atoms with E-state index in [-0.39, 0.29) is 22.8 Å². The summed E-state index contributed by atoms with van der Waals surface area (Å²) in [4.78, 5) is 32.4. The average Bonchev–Trinajstić information content (AvgIpc) is 2.89. The molecule has 2 aromatic carbocycles. The Labute approximate surface area is 220 Å². The number of aromatic nitrogens is 1. The van der Waals surface area contributed by atoms with E-state index in [4.69, 9.17) is 18.0 Å². The maximum atomic E-state index is 15.2. The topological polar surface area (TPSA) is 81.1 Å². The van der Waals surface area contributed by atoms with E-state index in [2.05, 4.69) is 21.3 Å². The zero-order chi connectivity index (χ0) is 26.9. The molecule has 1 aromatic heterocycles. The van der Waals surface area contributed by atoms with Gasteiger partial charge in [-0.15, -0.1) is 6.42 Å². The second-order valence-corrected chi connectivity index (χ2v) is 8.74. The van der Waals surface area contributed by atoms with Crippen LogP contribution in [0, 0.1) is 18.2 Å². The molecule has 0 atom stereocenters. The first kappa shape index (κ1) is 27.3. The van der Waals surface area contributed by atoms with Gasteiger partial charge in [0.25, 0.3) is 5.91 Å². The second kappa shape index (κ2) is 12.6. The van der Waals surface area contributed by atoms with Gasteiger partial charge in [0.05, 0.1) is 28.2 Å². The minimum absolute atomic E-state index is 0.0414. The minimum atomic E-state index is -0.668. The largest absolute Gasteiger partial charge is 0.308 e. The molecule has 1 N–H and O–H groups in total. The van der Waals surface area contributed by atoms with Gasteiger partial charge in [-0.05, 0) is 62.1 Å². The van der Waals surface area contributed by atoms with Gasteiger partial charge < -0.3 is 10.2 Å². The van der Waals surface area contributed by atoms with Crippen LogP contribution >= 0.6 is 11.6 Å². The first-order valence-corrected chi connectivity index (χ1v) is 11.6. The summed E-state index contributed by atoms with van der Waals surface area (Å²) < 4.78 is 15.2. The molecule has 0 fully saturated rings. The van der Waals surface area contributed by atoms with Crippen molar-refractivity contribution in [1.29, 1.82) is 0 Å². The van der Waals surface area contributed by atoms with E-state index in [1.807, 2.05) is 26.0 Å². The Morgan fingerprint density at radius 1 is 1.14 bits per heavy atom. The summed E-state index contributed by atoms with van der Waals surface area (Å²) in [5.74, 6) is 1.45. The molecular weight excluding hydrogens is 495 g/mol. The van der Waals surface area contributed by atoms with Crippen LogP contribution in [0.25, 0.3) is 0 Å². The predicted octanol–water partition coefficient (Wildman–Crippen LogP) is 4.23. The number of benzene rings is 2. The van der Waals surface area contributed by atoms with Crippen molar-refractivity contribution < 1.29 is 14.0 Å². The number of likely N-dealkylation sites (N-methyl/N-ethyl adjacent to an activating group) is 2. The number of nitrogens with zero attached hydrogens (tertiary/aromatic N) is 5. The Hall–Kier alpha value is -4.26. The quantitative estimate of drug-likeness (QED) is 0.187. The number of carbonyl (C=O) groups is 2. The SMILES string of the molecule is C#Cc1ccc(N(C=O)c2ccc(C=NN(C)CCN(C)C)cc2F)c(C(=O)Nc2ccc(Cl)cn2)c1. The van der Waals surface area contributed by atoms with Crippen LogP contribution in [0.5, 0.6) is 0 Å². The fraction of sp³-hybridized carbons (Fsp3) is 0.185. The summed E-state index contributed by atoms with van der Waals surface area (Å²) in [7, 11) is 5.76. The number of hydrogen-bond acceptors (Lipinski definition) is 6. The summed E-state index contributed by atoms with van der Waals surface area (Å²) >= 11 is 5.85. The van der Waals surface area contributed by atoms with Gasteiger partial charge in [-0.2, -0.15) is 5.10 Å². The Kier molecular flexibility index (Phi) is 9.33. The maximum Gasteiger partial charge on any atom is 0.258 e. The lowest BCUT2D eigenvalue weighted by atomic mass is 10.1. The normalized spacial score (nSPS) is 10.8. The van der Waals surface area contributed by atoms with Gasteiger partial charge in [0.2, 0.25) is 6.41 Å². The molecule has 0 aliphatic carbocycles. The van der Waals surface area contributed by atoms with Crippen molar-refractivity contribution >= 4 is 47.3 Å². The molecule has 0 unspecified atom stereocenters. The molecule has 0 spiro atoms. The molecule has 3 rings (SSSR count). The average molecular weight is 521 g/mol. The molecule has 190 valence electrons. The van der Waals surface area contributed by atoms with Crippen LogP contribution in [-0.2, 0) is 4.79 Å². The van der Waals surface area contributed by atoms with Crippen LogP contribution < -0.4 is 10.2 Å². The fourth-order valence-corrected chi connectivity index (χ4v) is 3.37. The smallest absolute Gasteiger partial charge is 0.258 e. The monoisotopic (exact) mass is 520 g/mol. The van der Waals surface area contributed by atoms with Gasteiger partial charge in [-0.1, -0.05) is 23.6 Å². The zero-order valence-electron chi connectivity index (χ0n) is 20.7. The number of pyridine rings is 1. The van der Waals surface area contributed by atoms with Gasteiger partial charge in [0.15, 0.2) is 0 Å². The molecule has 8 nitrogen and oxygen atoms in total. The summed E-state index contributed by atoms with van der Waals surface area (Å²) in [6.07, 6.45) is 8.86. The van der Waals surface area contributed by atoms with Crippen LogP contribution in [-0.4, -0.2) is 67.7 Å². The van der Waals surface area contributed by atoms with Crippen LogP contribution in [0.4, 0.5) is 21.6 Å². The van der Waals surface area contributed by atoms with E-state index in [1.54, 1.807) is 23.2 Å². The molecule has 2 amide bonds. The highest BCUT2D eigenvalue weighted by Gasteiger charge is 2.21. The Bertz CT molecular complexity index is 1340. The van der Waals surface area contributed by atoms with E-state index >= 15 is 4.39 Å². The molecular formula is C27H26ClFN6O2. The zero-order valence-corrected chi connectivity index (χ0v) is 21.4. The van der Waals surface area contributed by atoms with E-state index in [0.29, 0.717) is 29.1 Å². The van der Waals surface area contributed by atoms with Crippen molar-refractivity contribution in [2.45, 2.75) is 0 Å². The Morgan fingerprint density at radius 2 is 1.89 bits per heavy atom. The van der Waals surface area contributed by atoms with Crippen LogP contribution in [0.15, 0.2) is 59.8 Å². The molecule has 0 saturated carbocycles. The molecule has 0 aliphatic heterocycles. The highest BCUT2D eigenvalue weighted by Crippen LogP contribution is 2.31. The van der Waals surface area contributed by atoms with Crippen LogP contribution in [0.3, 0.4) is 0 Å². The van der Waals surface area contributed by atoms with Gasteiger partial charge in [0.1, 0.15) is 11.6 Å². The minimum Gasteiger partial charge on any atom is -0.308 e. The Morgan fingerprint density at radius 3 is 2.51 bits per heavy atom. The molecule has 3 aromatic rings. The van der Waals surface area contributed by atoms with Crippen LogP contribution in [0.1, 0.15) is 21.5 Å². The maximum absolute atomic E-state index is 15.2. The second-order valence-electron chi connectivity index (χ2n) is 8.31. The number of carbonyl (C=O) groups excluding carboxylic acids is 2. The number of hydrazone groups is 1. The number of hydrogen-bond donors (Lipinski definition) is 1. The molecule has 10 heteroatoms. The molecule has 1 heterocycles. The van der Waals surface area contributed by atoms with Crippen molar-refractivity contribution in [3.63, 3.8) is 0 Å². The van der Waals surface area contributed by atoms with E-state index in [0.717, 1.165) is 11.4 Å². The first-order valence-electron chi connectivity index (χ1n) is 11.2. The van der Waals surface area contributed by atoms with Crippen molar-refractivity contribution in [2.24, 2.45) is 5.10 Å². The van der Waals surface area contributed by atoms with Gasteiger partial charge in [-0.3, -0.25) is 19.5 Å². The van der Waals surface area contributed by atoms with E-state index in [9.17, 15) is 9.59 Å². The van der Waals surface area contributed by atoms with Crippen molar-refractivity contribution in [3.05, 3.63) is 82.3 Å². The standard InChI is InChI=1S/C27H26ClFN6O2/c1-5-19-6-9-24(22(14-19)27(37)32-26-11-8-21(28)17-30-26)35(18-36)25-10-7-20(15-23(25)29)16-31-34(4)13-12-33(2)3/h1,6-11,14-18H,12-13H2,2-4H3,(H,30,32,37). The predicted molar refractivity (Wildman–Crippen MR) is 145 cm³/mol. The number of amides is 2. The van der Waals surface area contributed by atoms with E-state index in [1.165, 1.54) is 42.7 Å². The van der Waals surface area contributed by atoms with Gasteiger partial charge >= 0.3 is 0 Å². The molecule has 37 heavy (non-hydrogen) atoms. The van der Waals surface area contributed by atoms with Gasteiger partial charge in [-0.25, -0.2) is 9.37 Å². The number of rotatable bonds is 10. The molecule has 0 bridgehead atoms. The highest BCUT2D eigenvalue weighted by molar-refractivity contribution is 6.30. The highest BCUT2D eigenvalue weighted by atomic mass is 35.5. The van der Waals surface area contributed by atoms with Gasteiger partial charge in [0, 0.05) is 31.9 Å². The Balaban J connectivity index is 1.90. The van der Waals surface area contributed by atoms with E-state index < -0.39 is 11.7 Å². The molecule has 0 aliphatic rings. The summed E-state index contributed by atoms with van der Waals surface area (Å²) in [5.41, 5.74) is 1.09. The lowest BCUT2D eigenvalue weighted by molar-refractivity contribution is -0.106. The number of nitrogens with one attached hydrogen (secondary N) is 1. The van der Waals surface area contributed by atoms with Crippen molar-refractivity contribution in [3.8, 4) is 12.3 Å².